The number of rotatable bonds is 5. The van der Waals surface area contributed by atoms with E-state index in [4.69, 9.17) is 0 Å². The Labute approximate surface area is 156 Å². The number of benzene rings is 1. The van der Waals surface area contributed by atoms with Crippen molar-refractivity contribution < 1.29 is 18.7 Å². The van der Waals surface area contributed by atoms with Gasteiger partial charge in [-0.05, 0) is 54.4 Å². The lowest BCUT2D eigenvalue weighted by Crippen LogP contribution is -2.25. The van der Waals surface area contributed by atoms with Crippen LogP contribution < -0.4 is 0 Å². The summed E-state index contributed by atoms with van der Waals surface area (Å²) in [7, 11) is 0. The monoisotopic (exact) mass is 375 g/mol. The molecule has 0 spiro atoms. The molecule has 3 rings (SSSR count). The van der Waals surface area contributed by atoms with Crippen LogP contribution in [0.1, 0.15) is 48.3 Å². The minimum atomic E-state index is -2.04. The predicted molar refractivity (Wildman–Crippen MR) is 101 cm³/mol. The zero-order chi connectivity index (χ0) is 19.1. The third kappa shape index (κ3) is 3.62. The molecule has 0 amide bonds. The molecule has 1 heterocycles. The maximum atomic E-state index is 11.6. The number of aromatic nitrogens is 1. The fraction of sp³-hybridized carbons (Fsp3) is 0.450. The molecule has 26 heavy (non-hydrogen) atoms. The van der Waals surface area contributed by atoms with Gasteiger partial charge in [0.15, 0.2) is 11.1 Å². The van der Waals surface area contributed by atoms with Gasteiger partial charge < -0.3 is 14.2 Å². The summed E-state index contributed by atoms with van der Waals surface area (Å²) in [6.45, 7) is 6.35. The van der Waals surface area contributed by atoms with E-state index in [1.54, 1.807) is 12.1 Å². The zero-order valence-electron chi connectivity index (χ0n) is 15.4. The highest BCUT2D eigenvalue weighted by Gasteiger charge is 2.32. The molecule has 1 aromatic heterocycles. The van der Waals surface area contributed by atoms with Crippen LogP contribution in [0.25, 0.3) is 0 Å². The highest BCUT2D eigenvalue weighted by molar-refractivity contribution is 7.79. The fourth-order valence-electron chi connectivity index (χ4n) is 4.02. The Bertz CT molecular complexity index is 882. The number of hydrogen-bond donors (Lipinski definition) is 2. The van der Waals surface area contributed by atoms with Crippen molar-refractivity contribution in [2.24, 2.45) is 5.41 Å². The first kappa shape index (κ1) is 18.9. The Morgan fingerprint density at radius 2 is 2.00 bits per heavy atom. The first-order chi connectivity index (χ1) is 12.2. The third-order valence-electron chi connectivity index (χ3n) is 5.40. The van der Waals surface area contributed by atoms with Crippen LogP contribution in [0, 0.1) is 12.3 Å². The van der Waals surface area contributed by atoms with Crippen molar-refractivity contribution in [3.8, 4) is 0 Å². The van der Waals surface area contributed by atoms with Gasteiger partial charge in [0.1, 0.15) is 6.54 Å². The van der Waals surface area contributed by atoms with Crippen molar-refractivity contribution in [3.05, 3.63) is 52.3 Å². The average molecular weight is 375 g/mol. The molecule has 0 saturated heterocycles. The first-order valence-corrected chi connectivity index (χ1v) is 9.90. The smallest absolute Gasteiger partial charge is 0.323 e. The van der Waals surface area contributed by atoms with E-state index >= 15 is 0 Å². The topological polar surface area (TPSA) is 79.5 Å². The normalized spacial score (nSPS) is 16.9. The summed E-state index contributed by atoms with van der Waals surface area (Å²) in [5, 5.41) is 9.34. The first-order valence-electron chi connectivity index (χ1n) is 8.80. The number of aliphatic carboxylic acids is 1. The van der Waals surface area contributed by atoms with Crippen LogP contribution >= 0.6 is 0 Å². The van der Waals surface area contributed by atoms with Gasteiger partial charge in [-0.1, -0.05) is 32.0 Å². The van der Waals surface area contributed by atoms with Gasteiger partial charge in [-0.3, -0.25) is 4.79 Å². The van der Waals surface area contributed by atoms with Crippen LogP contribution in [-0.2, 0) is 41.7 Å². The Morgan fingerprint density at radius 1 is 1.31 bits per heavy atom. The van der Waals surface area contributed by atoms with E-state index in [-0.39, 0.29) is 12.0 Å². The van der Waals surface area contributed by atoms with Gasteiger partial charge in [-0.2, -0.15) is 0 Å². The van der Waals surface area contributed by atoms with Crippen LogP contribution in [0.2, 0.25) is 0 Å². The zero-order valence-corrected chi connectivity index (χ0v) is 16.2. The van der Waals surface area contributed by atoms with Crippen LogP contribution in [-0.4, -0.2) is 24.4 Å². The molecule has 1 unspecified atom stereocenters. The summed E-state index contributed by atoms with van der Waals surface area (Å²) in [5.41, 5.74) is 5.36. The maximum Gasteiger partial charge on any atom is 0.323 e. The molecule has 1 aliphatic rings. The van der Waals surface area contributed by atoms with Gasteiger partial charge in [0.25, 0.3) is 0 Å². The van der Waals surface area contributed by atoms with E-state index in [2.05, 4.69) is 13.8 Å². The van der Waals surface area contributed by atoms with E-state index < -0.39 is 17.0 Å². The molecular weight excluding hydrogens is 350 g/mol. The van der Waals surface area contributed by atoms with Gasteiger partial charge in [-0.25, -0.2) is 4.21 Å². The summed E-state index contributed by atoms with van der Waals surface area (Å²) in [5.74, 6) is -0.849. The quantitative estimate of drug-likeness (QED) is 0.783. The minimum Gasteiger partial charge on any atom is -0.480 e. The van der Waals surface area contributed by atoms with Gasteiger partial charge >= 0.3 is 5.97 Å². The number of carboxylic acid groups (broad SMARTS) is 1. The second kappa shape index (κ2) is 7.00. The van der Waals surface area contributed by atoms with Gasteiger partial charge in [-0.15, -0.1) is 0 Å². The molecule has 1 atom stereocenters. The molecular formula is C20H25NO4S. The molecule has 2 N–H and O–H groups in total. The van der Waals surface area contributed by atoms with Gasteiger partial charge in [0.05, 0.1) is 4.90 Å². The van der Waals surface area contributed by atoms with E-state index in [9.17, 15) is 18.7 Å². The minimum absolute atomic E-state index is 0.0438. The molecule has 5 nitrogen and oxygen atoms in total. The second-order valence-electron chi connectivity index (χ2n) is 7.84. The predicted octanol–water partition coefficient (Wildman–Crippen LogP) is 3.57. The highest BCUT2D eigenvalue weighted by atomic mass is 32.2. The van der Waals surface area contributed by atoms with Crippen molar-refractivity contribution in [2.75, 3.05) is 0 Å². The molecule has 0 aliphatic heterocycles. The summed E-state index contributed by atoms with van der Waals surface area (Å²) in [6.07, 6.45) is 3.36. The van der Waals surface area contributed by atoms with Crippen LogP contribution in [0.15, 0.2) is 29.2 Å². The Hall–Kier alpha value is -1.92. The van der Waals surface area contributed by atoms with Crippen LogP contribution in [0.3, 0.4) is 0 Å². The number of fused-ring (bicyclic) bond motifs is 1. The third-order valence-corrected chi connectivity index (χ3v) is 6.17. The van der Waals surface area contributed by atoms with E-state index in [1.807, 2.05) is 23.6 Å². The second-order valence-corrected chi connectivity index (χ2v) is 8.78. The van der Waals surface area contributed by atoms with E-state index in [0.717, 1.165) is 41.8 Å². The van der Waals surface area contributed by atoms with Gasteiger partial charge in [0.2, 0.25) is 0 Å². The maximum absolute atomic E-state index is 11.6. The number of nitrogens with zero attached hydrogens (tertiary/aromatic N) is 1. The van der Waals surface area contributed by atoms with Gasteiger partial charge in [0, 0.05) is 17.8 Å². The summed E-state index contributed by atoms with van der Waals surface area (Å²) in [4.78, 5) is 11.8. The van der Waals surface area contributed by atoms with Crippen LogP contribution in [0.5, 0.6) is 0 Å². The largest absolute Gasteiger partial charge is 0.480 e. The summed E-state index contributed by atoms with van der Waals surface area (Å²) >= 11 is -2.04. The molecule has 1 aliphatic carbocycles. The summed E-state index contributed by atoms with van der Waals surface area (Å²) in [6, 6.07) is 7.17. The van der Waals surface area contributed by atoms with Crippen molar-refractivity contribution in [1.29, 1.82) is 0 Å². The highest BCUT2D eigenvalue weighted by Crippen LogP contribution is 2.39. The van der Waals surface area contributed by atoms with Crippen molar-refractivity contribution in [2.45, 2.75) is 57.9 Å². The lowest BCUT2D eigenvalue weighted by Gasteiger charge is -2.31. The molecule has 1 aromatic carbocycles. The molecule has 0 fully saturated rings. The molecule has 140 valence electrons. The lowest BCUT2D eigenvalue weighted by molar-refractivity contribution is -0.137. The average Bonchev–Trinajstić information content (AvgIpc) is 2.79. The molecule has 0 bridgehead atoms. The number of hydrogen-bond acceptors (Lipinski definition) is 2. The molecule has 0 saturated carbocycles. The van der Waals surface area contributed by atoms with Crippen molar-refractivity contribution in [3.63, 3.8) is 0 Å². The number of carboxylic acids is 1. The van der Waals surface area contributed by atoms with Crippen LogP contribution in [0.4, 0.5) is 0 Å². The molecule has 0 radical (unpaired) electrons. The standard InChI is InChI=1S/C20H25NO4S/c1-13-16(10-14-6-4-5-7-18(14)26(24)25)15-8-9-20(2,3)11-17(15)21(13)12-19(22)23/h4-7H,8-12H2,1-3H3,(H,22,23)(H,24,25). The molecule has 6 heteroatoms. The Morgan fingerprint density at radius 3 is 2.65 bits per heavy atom. The number of carbonyl (C=O) groups is 1. The fourth-order valence-corrected chi connectivity index (χ4v) is 4.58. The Balaban J connectivity index is 2.10. The van der Waals surface area contributed by atoms with E-state index in [0.29, 0.717) is 11.3 Å². The Kier molecular flexibility index (Phi) is 5.08. The van der Waals surface area contributed by atoms with E-state index in [1.165, 1.54) is 5.56 Å². The SMILES string of the molecule is Cc1c(Cc2ccccc2S(=O)O)c2c(n1CC(=O)O)CC(C)(C)CC2. The van der Waals surface area contributed by atoms with Crippen molar-refractivity contribution >= 4 is 17.0 Å². The lowest BCUT2D eigenvalue weighted by atomic mass is 9.76. The molecule has 2 aromatic rings. The van der Waals surface area contributed by atoms with Crippen molar-refractivity contribution in [1.82, 2.24) is 4.57 Å². The summed E-state index contributed by atoms with van der Waals surface area (Å²) < 4.78 is 23.1.